The normalized spacial score (nSPS) is 13.6. The summed E-state index contributed by atoms with van der Waals surface area (Å²) in [5.74, 6) is -1.59. The van der Waals surface area contributed by atoms with E-state index in [1.807, 2.05) is 0 Å². The number of ether oxygens (including phenoxy) is 2. The number of anilines is 1. The lowest BCUT2D eigenvalue weighted by molar-refractivity contribution is -0.119. The van der Waals surface area contributed by atoms with Crippen LogP contribution in [0.2, 0.25) is 0 Å². The first kappa shape index (κ1) is 13.5. The molecule has 0 bridgehead atoms. The molecule has 0 saturated heterocycles. The third-order valence-corrected chi connectivity index (χ3v) is 2.60. The number of imide groups is 1. The van der Waals surface area contributed by atoms with Gasteiger partial charge in [0.05, 0.1) is 18.4 Å². The van der Waals surface area contributed by atoms with Gasteiger partial charge in [-0.2, -0.15) is 0 Å². The molecule has 6 heteroatoms. The summed E-state index contributed by atoms with van der Waals surface area (Å²) in [6.45, 7) is 3.37. The molecule has 6 nitrogen and oxygen atoms in total. The maximum Gasteiger partial charge on any atom is 0.345 e. The van der Waals surface area contributed by atoms with Gasteiger partial charge in [-0.3, -0.25) is 9.59 Å². The minimum absolute atomic E-state index is 0.117. The molecule has 1 aromatic carbocycles. The van der Waals surface area contributed by atoms with E-state index in [0.29, 0.717) is 5.69 Å². The van der Waals surface area contributed by atoms with E-state index in [4.69, 9.17) is 4.74 Å². The molecule has 0 atom stereocenters. The predicted molar refractivity (Wildman–Crippen MR) is 69.6 cm³/mol. The highest BCUT2D eigenvalue weighted by molar-refractivity contribution is 6.28. The second kappa shape index (κ2) is 5.40. The predicted octanol–water partition coefficient (Wildman–Crippen LogP) is 1.39. The van der Waals surface area contributed by atoms with Crippen LogP contribution in [-0.4, -0.2) is 24.9 Å². The highest BCUT2D eigenvalue weighted by Gasteiger charge is 2.25. The Morgan fingerprint density at radius 1 is 1.10 bits per heavy atom. The minimum Gasteiger partial charge on any atom is -0.469 e. The van der Waals surface area contributed by atoms with Gasteiger partial charge in [0, 0.05) is 12.2 Å². The Morgan fingerprint density at radius 2 is 1.65 bits per heavy atom. The number of carbonyl (C=O) groups is 3. The number of nitrogens with zero attached hydrogens (tertiary/aromatic N) is 1. The van der Waals surface area contributed by atoms with Crippen molar-refractivity contribution in [1.82, 2.24) is 0 Å². The number of methoxy groups -OCH3 is 1. The molecule has 1 aromatic rings. The van der Waals surface area contributed by atoms with Crippen LogP contribution in [0.1, 0.15) is 10.4 Å². The summed E-state index contributed by atoms with van der Waals surface area (Å²) in [6.07, 6.45) is 2.38. The number of hydrogen-bond donors (Lipinski definition) is 0. The molecule has 2 amide bonds. The van der Waals surface area contributed by atoms with E-state index in [1.54, 1.807) is 0 Å². The molecule has 2 rings (SSSR count). The molecule has 0 N–H and O–H groups in total. The van der Waals surface area contributed by atoms with Gasteiger partial charge >= 0.3 is 5.97 Å². The molecule has 20 heavy (non-hydrogen) atoms. The Bertz CT molecular complexity index is 597. The lowest BCUT2D eigenvalue weighted by Crippen LogP contribution is -2.29. The van der Waals surface area contributed by atoms with E-state index in [1.165, 1.54) is 43.5 Å². The second-order valence-corrected chi connectivity index (χ2v) is 3.86. The van der Waals surface area contributed by atoms with Crippen molar-refractivity contribution in [3.05, 3.63) is 54.5 Å². The number of benzene rings is 1. The molecule has 0 aliphatic carbocycles. The maximum atomic E-state index is 11.7. The molecule has 102 valence electrons. The Balaban J connectivity index is 2.14. The first-order valence-corrected chi connectivity index (χ1v) is 5.64. The van der Waals surface area contributed by atoms with E-state index in [2.05, 4.69) is 11.3 Å². The molecular weight excluding hydrogens is 262 g/mol. The van der Waals surface area contributed by atoms with Crippen molar-refractivity contribution in [2.45, 2.75) is 0 Å². The molecule has 1 heterocycles. The molecule has 1 aliphatic rings. The first-order valence-electron chi connectivity index (χ1n) is 5.64. The highest BCUT2D eigenvalue weighted by atomic mass is 16.7. The van der Waals surface area contributed by atoms with Crippen LogP contribution in [0.3, 0.4) is 0 Å². The number of amides is 2. The van der Waals surface area contributed by atoms with Gasteiger partial charge in [0.15, 0.2) is 0 Å². The molecular formula is C14H11NO5. The summed E-state index contributed by atoms with van der Waals surface area (Å²) in [5.41, 5.74) is 0.631. The Labute approximate surface area is 114 Å². The van der Waals surface area contributed by atoms with Gasteiger partial charge in [0.25, 0.3) is 17.8 Å². The summed E-state index contributed by atoms with van der Waals surface area (Å²) >= 11 is 0. The quantitative estimate of drug-likeness (QED) is 0.471. The summed E-state index contributed by atoms with van der Waals surface area (Å²) < 4.78 is 9.41. The monoisotopic (exact) mass is 273 g/mol. The average Bonchev–Trinajstić information content (AvgIpc) is 2.78. The Kier molecular flexibility index (Phi) is 3.65. The molecule has 0 aromatic heterocycles. The van der Waals surface area contributed by atoms with Crippen LogP contribution in [0.25, 0.3) is 0 Å². The van der Waals surface area contributed by atoms with E-state index in [0.717, 1.165) is 4.90 Å². The van der Waals surface area contributed by atoms with Crippen LogP contribution < -0.4 is 4.90 Å². The maximum absolute atomic E-state index is 11.7. The van der Waals surface area contributed by atoms with Crippen LogP contribution in [0.4, 0.5) is 5.69 Å². The van der Waals surface area contributed by atoms with Crippen LogP contribution in [0.5, 0.6) is 0 Å². The number of rotatable bonds is 4. The van der Waals surface area contributed by atoms with Crippen molar-refractivity contribution in [2.24, 2.45) is 0 Å². The van der Waals surface area contributed by atoms with Gasteiger partial charge in [0.2, 0.25) is 0 Å². The summed E-state index contributed by atoms with van der Waals surface area (Å²) in [6, 6.07) is 5.85. The summed E-state index contributed by atoms with van der Waals surface area (Å²) in [7, 11) is 1.33. The third-order valence-electron chi connectivity index (χ3n) is 2.60. The summed E-state index contributed by atoms with van der Waals surface area (Å²) in [5, 5.41) is 0. The average molecular weight is 273 g/mol. The van der Waals surface area contributed by atoms with Crippen LogP contribution in [-0.2, 0) is 19.1 Å². The smallest absolute Gasteiger partial charge is 0.345 e. The topological polar surface area (TPSA) is 72.9 Å². The molecule has 1 aliphatic heterocycles. The SMILES string of the molecule is C=C(OC)OC(=O)c1ccc(N2C(=O)C=CC2=O)cc1. The van der Waals surface area contributed by atoms with E-state index >= 15 is 0 Å². The van der Waals surface area contributed by atoms with Gasteiger partial charge in [-0.25, -0.2) is 9.69 Å². The van der Waals surface area contributed by atoms with E-state index < -0.39 is 17.8 Å². The first-order chi connectivity index (χ1) is 9.52. The number of carbonyl (C=O) groups excluding carboxylic acids is 3. The zero-order valence-corrected chi connectivity index (χ0v) is 10.7. The van der Waals surface area contributed by atoms with Gasteiger partial charge in [-0.15, -0.1) is 0 Å². The second-order valence-electron chi connectivity index (χ2n) is 3.86. The Hall–Kier alpha value is -2.89. The molecule has 0 fully saturated rings. The fourth-order valence-corrected chi connectivity index (χ4v) is 1.61. The zero-order valence-electron chi connectivity index (χ0n) is 10.7. The van der Waals surface area contributed by atoms with Crippen molar-refractivity contribution in [3.8, 4) is 0 Å². The van der Waals surface area contributed by atoms with Crippen molar-refractivity contribution < 1.29 is 23.9 Å². The van der Waals surface area contributed by atoms with E-state index in [-0.39, 0.29) is 11.5 Å². The standard InChI is InChI=1S/C14H11NO5/c1-9(19-2)20-14(18)10-3-5-11(6-4-10)15-12(16)7-8-13(15)17/h3-8H,1H2,2H3. The number of hydrogen-bond acceptors (Lipinski definition) is 5. The fourth-order valence-electron chi connectivity index (χ4n) is 1.61. The van der Waals surface area contributed by atoms with Gasteiger partial charge in [-0.1, -0.05) is 0 Å². The van der Waals surface area contributed by atoms with Gasteiger partial charge in [0.1, 0.15) is 0 Å². The van der Waals surface area contributed by atoms with Crippen LogP contribution in [0, 0.1) is 0 Å². The fraction of sp³-hybridized carbons (Fsp3) is 0.0714. The van der Waals surface area contributed by atoms with Gasteiger partial charge < -0.3 is 9.47 Å². The van der Waals surface area contributed by atoms with Crippen molar-refractivity contribution >= 4 is 23.5 Å². The molecule has 0 unspecified atom stereocenters. The molecule has 0 radical (unpaired) electrons. The number of esters is 1. The minimum atomic E-state index is -0.638. The zero-order chi connectivity index (χ0) is 14.7. The largest absolute Gasteiger partial charge is 0.469 e. The third kappa shape index (κ3) is 2.59. The van der Waals surface area contributed by atoms with Crippen LogP contribution >= 0.6 is 0 Å². The lowest BCUT2D eigenvalue weighted by atomic mass is 10.2. The van der Waals surface area contributed by atoms with Crippen molar-refractivity contribution in [2.75, 3.05) is 12.0 Å². The van der Waals surface area contributed by atoms with E-state index in [9.17, 15) is 14.4 Å². The molecule has 0 saturated carbocycles. The Morgan fingerprint density at radius 3 is 2.15 bits per heavy atom. The molecule has 0 spiro atoms. The highest BCUT2D eigenvalue weighted by Crippen LogP contribution is 2.20. The van der Waals surface area contributed by atoms with Crippen LogP contribution in [0.15, 0.2) is 48.9 Å². The van der Waals surface area contributed by atoms with Crippen molar-refractivity contribution in [1.29, 1.82) is 0 Å². The summed E-state index contributed by atoms with van der Waals surface area (Å²) in [4.78, 5) is 35.6. The van der Waals surface area contributed by atoms with Gasteiger partial charge in [-0.05, 0) is 30.8 Å². The van der Waals surface area contributed by atoms with Crippen molar-refractivity contribution in [3.63, 3.8) is 0 Å². The lowest BCUT2D eigenvalue weighted by Gasteiger charge is -2.13.